The average Bonchev–Trinajstić information content (AvgIpc) is 2.69. The Morgan fingerprint density at radius 3 is 2.61 bits per heavy atom. The van der Waals surface area contributed by atoms with E-state index >= 15 is 0 Å². The average molecular weight is 268 g/mol. The van der Waals surface area contributed by atoms with Crippen LogP contribution < -0.4 is 10.1 Å². The number of hydrogen-bond donors (Lipinski definition) is 2. The summed E-state index contributed by atoms with van der Waals surface area (Å²) >= 11 is 6.03. The molecule has 3 nitrogen and oxygen atoms in total. The van der Waals surface area contributed by atoms with E-state index in [2.05, 4.69) is 5.32 Å². The van der Waals surface area contributed by atoms with Crippen LogP contribution in [0.25, 0.3) is 0 Å². The van der Waals surface area contributed by atoms with Crippen LogP contribution in [0.3, 0.4) is 0 Å². The number of halogens is 1. The summed E-state index contributed by atoms with van der Waals surface area (Å²) < 4.78 is 5.23. The molecular weight excluding hydrogens is 250 g/mol. The number of hydrogen-bond acceptors (Lipinski definition) is 3. The maximum absolute atomic E-state index is 10.9. The number of aliphatic hydroxyl groups is 1. The molecule has 2 fully saturated rings. The first-order valence-corrected chi connectivity index (χ1v) is 6.81. The summed E-state index contributed by atoms with van der Waals surface area (Å²) in [5.41, 5.74) is 0.178. The summed E-state index contributed by atoms with van der Waals surface area (Å²) in [7, 11) is 1.60. The smallest absolute Gasteiger partial charge is 0.137 e. The van der Waals surface area contributed by atoms with Crippen LogP contribution in [0, 0.1) is 0 Å². The van der Waals surface area contributed by atoms with Gasteiger partial charge in [0.1, 0.15) is 5.75 Å². The minimum atomic E-state index is -0.741. The molecule has 1 aromatic rings. The van der Waals surface area contributed by atoms with Crippen molar-refractivity contribution in [2.75, 3.05) is 7.11 Å². The zero-order valence-electron chi connectivity index (χ0n) is 10.4. The van der Waals surface area contributed by atoms with Crippen LogP contribution >= 0.6 is 11.6 Å². The number of benzene rings is 1. The minimum absolute atomic E-state index is 0.440. The van der Waals surface area contributed by atoms with Gasteiger partial charge in [-0.05, 0) is 43.4 Å². The van der Waals surface area contributed by atoms with E-state index in [1.54, 1.807) is 13.2 Å². The maximum Gasteiger partial charge on any atom is 0.137 e. The fourth-order valence-corrected chi connectivity index (χ4v) is 3.50. The molecule has 0 saturated carbocycles. The standard InChI is InChI=1S/C14H18ClNO2/c1-18-13-6-9(2-5-12(13)15)14(17)7-10-3-4-11(8-14)16-10/h2,5-6,10-11,16-17H,3-4,7-8H2,1H3. The van der Waals surface area contributed by atoms with Crippen molar-refractivity contribution in [3.05, 3.63) is 28.8 Å². The van der Waals surface area contributed by atoms with Gasteiger partial charge in [0.25, 0.3) is 0 Å². The third kappa shape index (κ3) is 2.00. The Hall–Kier alpha value is -0.770. The van der Waals surface area contributed by atoms with Crippen molar-refractivity contribution < 1.29 is 9.84 Å². The number of piperidine rings is 1. The molecule has 1 aromatic carbocycles. The topological polar surface area (TPSA) is 41.5 Å². The van der Waals surface area contributed by atoms with Crippen molar-refractivity contribution in [1.29, 1.82) is 0 Å². The first-order chi connectivity index (χ1) is 8.60. The van der Waals surface area contributed by atoms with Gasteiger partial charge >= 0.3 is 0 Å². The van der Waals surface area contributed by atoms with E-state index in [1.165, 1.54) is 0 Å². The number of ether oxygens (including phenoxy) is 1. The Labute approximate surface area is 112 Å². The monoisotopic (exact) mass is 267 g/mol. The summed E-state index contributed by atoms with van der Waals surface area (Å²) in [5.74, 6) is 0.633. The molecule has 0 radical (unpaired) electrons. The van der Waals surface area contributed by atoms with E-state index in [9.17, 15) is 5.11 Å². The Morgan fingerprint density at radius 1 is 1.33 bits per heavy atom. The molecule has 2 N–H and O–H groups in total. The Balaban J connectivity index is 1.93. The lowest BCUT2D eigenvalue weighted by atomic mass is 9.81. The quantitative estimate of drug-likeness (QED) is 0.865. The normalized spacial score (nSPS) is 34.6. The van der Waals surface area contributed by atoms with Crippen LogP contribution in [0.15, 0.2) is 18.2 Å². The molecule has 0 aliphatic carbocycles. The molecular formula is C14H18ClNO2. The summed E-state index contributed by atoms with van der Waals surface area (Å²) in [6.45, 7) is 0. The highest BCUT2D eigenvalue weighted by molar-refractivity contribution is 6.32. The van der Waals surface area contributed by atoms with E-state index in [0.717, 1.165) is 31.2 Å². The largest absolute Gasteiger partial charge is 0.495 e. The zero-order valence-corrected chi connectivity index (χ0v) is 11.2. The van der Waals surface area contributed by atoms with Crippen LogP contribution in [0.5, 0.6) is 5.75 Å². The van der Waals surface area contributed by atoms with E-state index in [-0.39, 0.29) is 0 Å². The second-order valence-corrected chi connectivity index (χ2v) is 5.83. The van der Waals surface area contributed by atoms with Crippen molar-refractivity contribution >= 4 is 11.6 Å². The van der Waals surface area contributed by atoms with Gasteiger partial charge in [0.15, 0.2) is 0 Å². The number of rotatable bonds is 2. The van der Waals surface area contributed by atoms with Gasteiger partial charge in [0, 0.05) is 12.1 Å². The van der Waals surface area contributed by atoms with Crippen LogP contribution in [0.4, 0.5) is 0 Å². The van der Waals surface area contributed by atoms with E-state index in [1.807, 2.05) is 12.1 Å². The highest BCUT2D eigenvalue weighted by atomic mass is 35.5. The van der Waals surface area contributed by atoms with Crippen LogP contribution in [0.2, 0.25) is 5.02 Å². The lowest BCUT2D eigenvalue weighted by Gasteiger charge is -2.37. The van der Waals surface area contributed by atoms with Crippen molar-refractivity contribution in [3.63, 3.8) is 0 Å². The predicted molar refractivity (Wildman–Crippen MR) is 71.1 cm³/mol. The van der Waals surface area contributed by atoms with Gasteiger partial charge in [-0.15, -0.1) is 0 Å². The number of methoxy groups -OCH3 is 1. The van der Waals surface area contributed by atoms with E-state index in [4.69, 9.17) is 16.3 Å². The molecule has 4 heteroatoms. The fraction of sp³-hybridized carbons (Fsp3) is 0.571. The molecule has 0 amide bonds. The molecule has 2 heterocycles. The number of fused-ring (bicyclic) bond motifs is 2. The first kappa shape index (κ1) is 12.3. The highest BCUT2D eigenvalue weighted by Crippen LogP contribution is 2.42. The lowest BCUT2D eigenvalue weighted by molar-refractivity contribution is -0.0116. The maximum atomic E-state index is 10.9. The van der Waals surface area contributed by atoms with Gasteiger partial charge in [-0.3, -0.25) is 0 Å². The van der Waals surface area contributed by atoms with Gasteiger partial charge in [0.05, 0.1) is 17.7 Å². The van der Waals surface area contributed by atoms with Gasteiger partial charge < -0.3 is 15.2 Å². The second-order valence-electron chi connectivity index (χ2n) is 5.43. The molecule has 2 atom stereocenters. The molecule has 98 valence electrons. The minimum Gasteiger partial charge on any atom is -0.495 e. The Kier molecular flexibility index (Phi) is 3.00. The molecule has 2 saturated heterocycles. The summed E-state index contributed by atoms with van der Waals surface area (Å²) in [6, 6.07) is 6.46. The second kappa shape index (κ2) is 4.41. The molecule has 2 unspecified atom stereocenters. The molecule has 0 spiro atoms. The number of nitrogens with one attached hydrogen (secondary N) is 1. The predicted octanol–water partition coefficient (Wildman–Crippen LogP) is 2.45. The molecule has 2 bridgehead atoms. The molecule has 18 heavy (non-hydrogen) atoms. The third-order valence-corrected chi connectivity index (χ3v) is 4.50. The van der Waals surface area contributed by atoms with Crippen LogP contribution in [0.1, 0.15) is 31.2 Å². The Morgan fingerprint density at radius 2 is 2.00 bits per heavy atom. The first-order valence-electron chi connectivity index (χ1n) is 6.43. The molecule has 0 aromatic heterocycles. The van der Waals surface area contributed by atoms with Gasteiger partial charge in [-0.2, -0.15) is 0 Å². The van der Waals surface area contributed by atoms with Crippen molar-refractivity contribution in [3.8, 4) is 5.75 Å². The summed E-state index contributed by atoms with van der Waals surface area (Å²) in [4.78, 5) is 0. The zero-order chi connectivity index (χ0) is 12.8. The molecule has 3 rings (SSSR count). The van der Waals surface area contributed by atoms with Crippen molar-refractivity contribution in [2.45, 2.75) is 43.4 Å². The fourth-order valence-electron chi connectivity index (χ4n) is 3.31. The van der Waals surface area contributed by atoms with Gasteiger partial charge in [-0.1, -0.05) is 17.7 Å². The lowest BCUT2D eigenvalue weighted by Crippen LogP contribution is -2.46. The van der Waals surface area contributed by atoms with Crippen molar-refractivity contribution in [1.82, 2.24) is 5.32 Å². The molecule has 2 aliphatic heterocycles. The summed E-state index contributed by atoms with van der Waals surface area (Å²) in [5, 5.41) is 15.0. The van der Waals surface area contributed by atoms with Crippen LogP contribution in [-0.4, -0.2) is 24.3 Å². The summed E-state index contributed by atoms with van der Waals surface area (Å²) in [6.07, 6.45) is 3.87. The van der Waals surface area contributed by atoms with E-state index < -0.39 is 5.60 Å². The third-order valence-electron chi connectivity index (χ3n) is 4.19. The van der Waals surface area contributed by atoms with Crippen molar-refractivity contribution in [2.24, 2.45) is 0 Å². The Bertz CT molecular complexity index is 451. The van der Waals surface area contributed by atoms with Gasteiger partial charge in [-0.25, -0.2) is 0 Å². The highest BCUT2D eigenvalue weighted by Gasteiger charge is 2.43. The SMILES string of the molecule is COc1cc(C2(O)CC3CCC(C2)N3)ccc1Cl. The van der Waals surface area contributed by atoms with Crippen LogP contribution in [-0.2, 0) is 5.60 Å². The van der Waals surface area contributed by atoms with Gasteiger partial charge in [0.2, 0.25) is 0 Å². The molecule has 2 aliphatic rings. The van der Waals surface area contributed by atoms with E-state index in [0.29, 0.717) is 22.9 Å².